The summed E-state index contributed by atoms with van der Waals surface area (Å²) in [5.74, 6) is 0.0515. The first-order valence-electron chi connectivity index (χ1n) is 7.96. The molecule has 0 saturated heterocycles. The van der Waals surface area contributed by atoms with Crippen molar-refractivity contribution in [1.82, 2.24) is 0 Å². The van der Waals surface area contributed by atoms with Crippen molar-refractivity contribution in [1.29, 1.82) is 0 Å². The van der Waals surface area contributed by atoms with Crippen molar-refractivity contribution < 1.29 is 4.79 Å². The molecule has 0 bridgehead atoms. The summed E-state index contributed by atoms with van der Waals surface area (Å²) in [6.07, 6.45) is 0.326. The Morgan fingerprint density at radius 1 is 0.792 bits per heavy atom. The van der Waals surface area contributed by atoms with E-state index in [0.717, 1.165) is 16.8 Å². The maximum Gasteiger partial charge on any atom is 0.231 e. The Kier molecular flexibility index (Phi) is 4.92. The van der Waals surface area contributed by atoms with Crippen LogP contribution in [-0.2, 0) is 17.8 Å². The first kappa shape index (κ1) is 15.8. The molecular formula is C21H20N2O. The van der Waals surface area contributed by atoms with Gasteiger partial charge in [-0.1, -0.05) is 60.7 Å². The van der Waals surface area contributed by atoms with Crippen LogP contribution >= 0.6 is 0 Å². The van der Waals surface area contributed by atoms with E-state index in [1.807, 2.05) is 89.8 Å². The fourth-order valence-corrected chi connectivity index (χ4v) is 2.67. The summed E-state index contributed by atoms with van der Waals surface area (Å²) in [5.41, 5.74) is 9.42. The SMILES string of the molecule is Nc1cccc(CC(=O)N(Cc2ccccc2)c2ccccc2)c1. The number of nitrogen functional groups attached to an aromatic ring is 1. The lowest BCUT2D eigenvalue weighted by atomic mass is 10.1. The number of benzene rings is 3. The van der Waals surface area contributed by atoms with Crippen molar-refractivity contribution in [2.75, 3.05) is 10.6 Å². The van der Waals surface area contributed by atoms with E-state index < -0.39 is 0 Å². The summed E-state index contributed by atoms with van der Waals surface area (Å²) in [6.45, 7) is 0.548. The van der Waals surface area contributed by atoms with E-state index in [0.29, 0.717) is 18.7 Å². The lowest BCUT2D eigenvalue weighted by molar-refractivity contribution is -0.118. The zero-order chi connectivity index (χ0) is 16.8. The first-order valence-corrected chi connectivity index (χ1v) is 7.96. The van der Waals surface area contributed by atoms with Gasteiger partial charge in [0.05, 0.1) is 13.0 Å². The average Bonchev–Trinajstić information content (AvgIpc) is 2.61. The fraction of sp³-hybridized carbons (Fsp3) is 0.0952. The average molecular weight is 316 g/mol. The van der Waals surface area contributed by atoms with Gasteiger partial charge in [0.25, 0.3) is 0 Å². The third kappa shape index (κ3) is 4.02. The number of carbonyl (C=O) groups excluding carboxylic acids is 1. The van der Waals surface area contributed by atoms with Crippen LogP contribution in [0.3, 0.4) is 0 Å². The molecule has 2 N–H and O–H groups in total. The molecule has 0 atom stereocenters. The van der Waals surface area contributed by atoms with Crippen LogP contribution in [0.2, 0.25) is 0 Å². The van der Waals surface area contributed by atoms with E-state index >= 15 is 0 Å². The lowest BCUT2D eigenvalue weighted by Gasteiger charge is -2.23. The molecule has 120 valence electrons. The second kappa shape index (κ2) is 7.47. The molecule has 24 heavy (non-hydrogen) atoms. The predicted octanol–water partition coefficient (Wildman–Crippen LogP) is 4.04. The first-order chi connectivity index (χ1) is 11.7. The molecule has 3 heteroatoms. The van der Waals surface area contributed by atoms with Crippen molar-refractivity contribution in [3.63, 3.8) is 0 Å². The highest BCUT2D eigenvalue weighted by atomic mass is 16.2. The third-order valence-corrected chi connectivity index (χ3v) is 3.86. The zero-order valence-corrected chi connectivity index (χ0v) is 13.4. The molecule has 0 radical (unpaired) electrons. The molecule has 0 aromatic heterocycles. The van der Waals surface area contributed by atoms with E-state index in [9.17, 15) is 4.79 Å². The number of anilines is 2. The minimum Gasteiger partial charge on any atom is -0.399 e. The van der Waals surface area contributed by atoms with Gasteiger partial charge in [-0.15, -0.1) is 0 Å². The number of para-hydroxylation sites is 1. The number of rotatable bonds is 5. The summed E-state index contributed by atoms with van der Waals surface area (Å²) in [4.78, 5) is 14.7. The van der Waals surface area contributed by atoms with Gasteiger partial charge in [0, 0.05) is 11.4 Å². The van der Waals surface area contributed by atoms with E-state index in [2.05, 4.69) is 0 Å². The van der Waals surface area contributed by atoms with Crippen LogP contribution in [-0.4, -0.2) is 5.91 Å². The van der Waals surface area contributed by atoms with Crippen molar-refractivity contribution >= 4 is 17.3 Å². The summed E-state index contributed by atoms with van der Waals surface area (Å²) in [6, 6.07) is 27.3. The van der Waals surface area contributed by atoms with Crippen LogP contribution in [0, 0.1) is 0 Å². The van der Waals surface area contributed by atoms with Crippen LogP contribution in [0.15, 0.2) is 84.9 Å². The summed E-state index contributed by atoms with van der Waals surface area (Å²) in [7, 11) is 0. The Morgan fingerprint density at radius 3 is 2.08 bits per heavy atom. The molecule has 3 rings (SSSR count). The molecule has 0 aliphatic carbocycles. The number of nitrogens with two attached hydrogens (primary N) is 1. The molecule has 0 aliphatic rings. The highest BCUT2D eigenvalue weighted by Crippen LogP contribution is 2.19. The van der Waals surface area contributed by atoms with Gasteiger partial charge in [0.2, 0.25) is 5.91 Å². The largest absolute Gasteiger partial charge is 0.399 e. The van der Waals surface area contributed by atoms with Crippen molar-refractivity contribution in [2.24, 2.45) is 0 Å². The van der Waals surface area contributed by atoms with Crippen LogP contribution in [0.5, 0.6) is 0 Å². The van der Waals surface area contributed by atoms with Crippen LogP contribution < -0.4 is 10.6 Å². The van der Waals surface area contributed by atoms with Gasteiger partial charge in [-0.3, -0.25) is 4.79 Å². The molecule has 0 fully saturated rings. The standard InChI is InChI=1S/C21H20N2O/c22-19-11-7-10-18(14-19)15-21(24)23(20-12-5-2-6-13-20)16-17-8-3-1-4-9-17/h1-14H,15-16,22H2. The second-order valence-electron chi connectivity index (χ2n) is 5.72. The molecule has 0 spiro atoms. The number of hydrogen-bond donors (Lipinski definition) is 1. The Hall–Kier alpha value is -3.07. The third-order valence-electron chi connectivity index (χ3n) is 3.86. The molecule has 3 aromatic carbocycles. The Balaban J connectivity index is 1.85. The van der Waals surface area contributed by atoms with Gasteiger partial charge < -0.3 is 10.6 Å². The topological polar surface area (TPSA) is 46.3 Å². The van der Waals surface area contributed by atoms with Gasteiger partial charge in [0.1, 0.15) is 0 Å². The number of hydrogen-bond acceptors (Lipinski definition) is 2. The molecular weight excluding hydrogens is 296 g/mol. The second-order valence-corrected chi connectivity index (χ2v) is 5.72. The summed E-state index contributed by atoms with van der Waals surface area (Å²) >= 11 is 0. The van der Waals surface area contributed by atoms with Gasteiger partial charge in [-0.25, -0.2) is 0 Å². The van der Waals surface area contributed by atoms with E-state index in [1.54, 1.807) is 0 Å². The molecule has 0 saturated carbocycles. The van der Waals surface area contributed by atoms with Gasteiger partial charge in [-0.05, 0) is 35.4 Å². The molecule has 1 amide bonds. The smallest absolute Gasteiger partial charge is 0.231 e. The highest BCUT2D eigenvalue weighted by molar-refractivity contribution is 5.94. The van der Waals surface area contributed by atoms with Crippen LogP contribution in [0.4, 0.5) is 11.4 Å². The van der Waals surface area contributed by atoms with Gasteiger partial charge in [-0.2, -0.15) is 0 Å². The summed E-state index contributed by atoms with van der Waals surface area (Å²) in [5, 5.41) is 0. The van der Waals surface area contributed by atoms with Crippen molar-refractivity contribution in [2.45, 2.75) is 13.0 Å². The molecule has 3 aromatic rings. The molecule has 0 heterocycles. The molecule has 0 unspecified atom stereocenters. The zero-order valence-electron chi connectivity index (χ0n) is 13.4. The van der Waals surface area contributed by atoms with Crippen LogP contribution in [0.1, 0.15) is 11.1 Å². The quantitative estimate of drug-likeness (QED) is 0.722. The maximum absolute atomic E-state index is 12.9. The maximum atomic E-state index is 12.9. The number of nitrogens with zero attached hydrogens (tertiary/aromatic N) is 1. The van der Waals surface area contributed by atoms with E-state index in [-0.39, 0.29) is 5.91 Å². The van der Waals surface area contributed by atoms with Crippen molar-refractivity contribution in [3.8, 4) is 0 Å². The van der Waals surface area contributed by atoms with E-state index in [1.165, 1.54) is 0 Å². The predicted molar refractivity (Wildman–Crippen MR) is 98.6 cm³/mol. The van der Waals surface area contributed by atoms with Crippen LogP contribution in [0.25, 0.3) is 0 Å². The monoisotopic (exact) mass is 316 g/mol. The normalized spacial score (nSPS) is 10.3. The number of amides is 1. The molecule has 3 nitrogen and oxygen atoms in total. The lowest BCUT2D eigenvalue weighted by Crippen LogP contribution is -2.31. The fourth-order valence-electron chi connectivity index (χ4n) is 2.67. The molecule has 0 aliphatic heterocycles. The Bertz CT molecular complexity index is 800. The minimum atomic E-state index is 0.0515. The van der Waals surface area contributed by atoms with Gasteiger partial charge >= 0.3 is 0 Å². The van der Waals surface area contributed by atoms with Gasteiger partial charge in [0.15, 0.2) is 0 Å². The summed E-state index contributed by atoms with van der Waals surface area (Å²) < 4.78 is 0. The minimum absolute atomic E-state index is 0.0515. The Labute approximate surface area is 142 Å². The Morgan fingerprint density at radius 2 is 1.42 bits per heavy atom. The van der Waals surface area contributed by atoms with Crippen molar-refractivity contribution in [3.05, 3.63) is 96.1 Å². The number of carbonyl (C=O) groups is 1. The highest BCUT2D eigenvalue weighted by Gasteiger charge is 2.16. The van der Waals surface area contributed by atoms with E-state index in [4.69, 9.17) is 5.73 Å².